The third-order valence-corrected chi connectivity index (χ3v) is 4.96. The third-order valence-electron chi connectivity index (χ3n) is 3.94. The lowest BCUT2D eigenvalue weighted by atomic mass is 10.1. The Hall–Kier alpha value is -2.98. The van der Waals surface area contributed by atoms with Gasteiger partial charge in [0.2, 0.25) is 5.89 Å². The number of amides is 2. The van der Waals surface area contributed by atoms with E-state index in [9.17, 15) is 17.6 Å². The first kappa shape index (κ1) is 21.7. The van der Waals surface area contributed by atoms with Gasteiger partial charge in [-0.15, -0.1) is 0 Å². The Bertz CT molecular complexity index is 1120. The topological polar surface area (TPSA) is 114 Å². The Balaban J connectivity index is 1.78. The number of carbonyl (C=O) groups excluding carboxylic acids is 1. The number of urea groups is 1. The summed E-state index contributed by atoms with van der Waals surface area (Å²) in [5.41, 5.74) is 1.23. The molecule has 158 valence electrons. The average Bonchev–Trinajstić information content (AvgIpc) is 3.11. The van der Waals surface area contributed by atoms with Crippen LogP contribution in [0.25, 0.3) is 0 Å². The third kappa shape index (κ3) is 6.53. The van der Waals surface area contributed by atoms with Crippen LogP contribution in [-0.2, 0) is 22.0 Å². The Kier molecular flexibility index (Phi) is 6.68. The van der Waals surface area contributed by atoms with Crippen LogP contribution < -0.4 is 10.6 Å². The van der Waals surface area contributed by atoms with E-state index in [1.165, 1.54) is 24.3 Å². The van der Waals surface area contributed by atoms with Crippen molar-refractivity contribution in [1.29, 1.82) is 0 Å². The highest BCUT2D eigenvalue weighted by Crippen LogP contribution is 2.19. The van der Waals surface area contributed by atoms with Crippen LogP contribution in [0.1, 0.15) is 23.3 Å². The molecule has 0 spiro atoms. The van der Waals surface area contributed by atoms with Crippen molar-refractivity contribution < 1.29 is 22.1 Å². The van der Waals surface area contributed by atoms with Crippen molar-refractivity contribution in [3.05, 3.63) is 76.6 Å². The summed E-state index contributed by atoms with van der Waals surface area (Å²) in [6, 6.07) is 11.0. The zero-order valence-electron chi connectivity index (χ0n) is 15.8. The lowest BCUT2D eigenvalue weighted by Crippen LogP contribution is -2.34. The second-order valence-electron chi connectivity index (χ2n) is 6.60. The molecule has 0 fully saturated rings. The van der Waals surface area contributed by atoms with Crippen LogP contribution in [0.2, 0.25) is 5.02 Å². The molecule has 0 saturated heterocycles. The Morgan fingerprint density at radius 1 is 1.17 bits per heavy atom. The maximum absolute atomic E-state index is 13.0. The largest absolute Gasteiger partial charge is 0.338 e. The van der Waals surface area contributed by atoms with Gasteiger partial charge in [-0.05, 0) is 42.0 Å². The van der Waals surface area contributed by atoms with Crippen molar-refractivity contribution >= 4 is 33.2 Å². The normalized spacial score (nSPS) is 12.4. The van der Waals surface area contributed by atoms with E-state index in [1.807, 2.05) is 0 Å². The zero-order valence-corrected chi connectivity index (χ0v) is 17.4. The molecule has 1 heterocycles. The molecule has 0 aliphatic carbocycles. The summed E-state index contributed by atoms with van der Waals surface area (Å²) in [5, 5.41) is 9.69. The number of halogens is 2. The van der Waals surface area contributed by atoms with Crippen LogP contribution in [0.3, 0.4) is 0 Å². The number of aromatic nitrogens is 2. The van der Waals surface area contributed by atoms with Gasteiger partial charge in [-0.25, -0.2) is 17.6 Å². The molecule has 2 N–H and O–H groups in total. The number of hydrogen-bond donors (Lipinski definition) is 2. The van der Waals surface area contributed by atoms with Crippen molar-refractivity contribution in [2.45, 2.75) is 18.2 Å². The fraction of sp³-hybridized carbons (Fsp3) is 0.211. The molecule has 2 aromatic carbocycles. The molecule has 3 rings (SSSR count). The summed E-state index contributed by atoms with van der Waals surface area (Å²) in [6.07, 6.45) is 1.35. The molecule has 0 radical (unpaired) electrons. The van der Waals surface area contributed by atoms with Crippen molar-refractivity contribution in [2.75, 3.05) is 11.6 Å². The molecule has 0 saturated carbocycles. The fourth-order valence-electron chi connectivity index (χ4n) is 2.61. The number of anilines is 1. The molecule has 0 aliphatic rings. The van der Waals surface area contributed by atoms with E-state index in [0.29, 0.717) is 17.1 Å². The molecule has 11 heteroatoms. The summed E-state index contributed by atoms with van der Waals surface area (Å²) >= 11 is 5.91. The quantitative estimate of drug-likeness (QED) is 0.567. The SMILES string of the molecule is CS(=O)(=O)Cc1nc([C@H](Cc2ccc(Cl)cc2)NC(=O)Nc2ccc(F)cc2)no1. The van der Waals surface area contributed by atoms with Crippen LogP contribution in [0.15, 0.2) is 53.1 Å². The zero-order chi connectivity index (χ0) is 21.7. The van der Waals surface area contributed by atoms with Crippen molar-refractivity contribution in [1.82, 2.24) is 15.5 Å². The maximum atomic E-state index is 13.0. The minimum Gasteiger partial charge on any atom is -0.338 e. The monoisotopic (exact) mass is 452 g/mol. The molecular weight excluding hydrogens is 435 g/mol. The molecule has 0 aliphatic heterocycles. The van der Waals surface area contributed by atoms with E-state index in [4.69, 9.17) is 16.1 Å². The second kappa shape index (κ2) is 9.23. The molecule has 30 heavy (non-hydrogen) atoms. The van der Waals surface area contributed by atoms with Crippen LogP contribution in [0, 0.1) is 5.82 Å². The molecule has 2 amide bonds. The number of rotatable bonds is 7. The van der Waals surface area contributed by atoms with E-state index < -0.39 is 33.5 Å². The molecule has 1 aromatic heterocycles. The molecule has 1 atom stereocenters. The molecule has 8 nitrogen and oxygen atoms in total. The fourth-order valence-corrected chi connectivity index (χ4v) is 3.31. The van der Waals surface area contributed by atoms with Gasteiger partial charge in [-0.3, -0.25) is 0 Å². The maximum Gasteiger partial charge on any atom is 0.319 e. The number of sulfone groups is 1. The van der Waals surface area contributed by atoms with Crippen LogP contribution in [0.5, 0.6) is 0 Å². The van der Waals surface area contributed by atoms with E-state index in [2.05, 4.69) is 20.8 Å². The highest BCUT2D eigenvalue weighted by Gasteiger charge is 2.22. The molecule has 0 bridgehead atoms. The first-order chi connectivity index (χ1) is 14.2. The smallest absolute Gasteiger partial charge is 0.319 e. The van der Waals surface area contributed by atoms with Gasteiger partial charge < -0.3 is 15.2 Å². The van der Waals surface area contributed by atoms with Gasteiger partial charge >= 0.3 is 6.03 Å². The Morgan fingerprint density at radius 2 is 1.83 bits per heavy atom. The van der Waals surface area contributed by atoms with E-state index in [-0.39, 0.29) is 11.7 Å². The predicted octanol–water partition coefficient (Wildman–Crippen LogP) is 3.51. The minimum absolute atomic E-state index is 0.0747. The summed E-state index contributed by atoms with van der Waals surface area (Å²) in [7, 11) is -3.36. The standard InChI is InChI=1S/C19H18ClFN4O4S/c1-30(27,28)11-17-24-18(25-29-17)16(10-12-2-4-13(20)5-3-12)23-19(26)22-15-8-6-14(21)7-9-15/h2-9,16H,10-11H2,1H3,(H2,22,23,26)/t16-/m0/s1. The Labute approximate surface area is 177 Å². The van der Waals surface area contributed by atoms with Gasteiger partial charge in [0.1, 0.15) is 11.6 Å². The highest BCUT2D eigenvalue weighted by molar-refractivity contribution is 7.89. The van der Waals surface area contributed by atoms with E-state index in [0.717, 1.165) is 11.8 Å². The van der Waals surface area contributed by atoms with Crippen LogP contribution >= 0.6 is 11.6 Å². The number of benzene rings is 2. The lowest BCUT2D eigenvalue weighted by molar-refractivity contribution is 0.247. The Morgan fingerprint density at radius 3 is 2.47 bits per heavy atom. The number of nitrogens with one attached hydrogen (secondary N) is 2. The summed E-state index contributed by atoms with van der Waals surface area (Å²) in [4.78, 5) is 16.5. The lowest BCUT2D eigenvalue weighted by Gasteiger charge is -2.16. The van der Waals surface area contributed by atoms with E-state index >= 15 is 0 Å². The number of nitrogens with zero attached hydrogens (tertiary/aromatic N) is 2. The summed E-state index contributed by atoms with van der Waals surface area (Å²) in [6.45, 7) is 0. The minimum atomic E-state index is -3.36. The van der Waals surface area contributed by atoms with Crippen molar-refractivity contribution in [3.8, 4) is 0 Å². The molecule has 0 unspecified atom stereocenters. The van der Waals surface area contributed by atoms with Crippen molar-refractivity contribution in [2.24, 2.45) is 0 Å². The number of hydrogen-bond acceptors (Lipinski definition) is 6. The molecular formula is C19H18ClFN4O4S. The van der Waals surface area contributed by atoms with Crippen LogP contribution in [0.4, 0.5) is 14.9 Å². The average molecular weight is 453 g/mol. The van der Waals surface area contributed by atoms with Gasteiger partial charge in [0.15, 0.2) is 15.7 Å². The first-order valence-electron chi connectivity index (χ1n) is 8.76. The molecule has 3 aromatic rings. The van der Waals surface area contributed by atoms with Gasteiger partial charge in [0.05, 0.1) is 6.04 Å². The summed E-state index contributed by atoms with van der Waals surface area (Å²) < 4.78 is 41.0. The second-order valence-corrected chi connectivity index (χ2v) is 9.18. The van der Waals surface area contributed by atoms with Crippen LogP contribution in [-0.4, -0.2) is 30.8 Å². The first-order valence-corrected chi connectivity index (χ1v) is 11.2. The van der Waals surface area contributed by atoms with Crippen molar-refractivity contribution in [3.63, 3.8) is 0 Å². The van der Waals surface area contributed by atoms with Gasteiger partial charge in [-0.1, -0.05) is 28.9 Å². The highest BCUT2D eigenvalue weighted by atomic mass is 35.5. The van der Waals surface area contributed by atoms with Gasteiger partial charge in [0, 0.05) is 23.4 Å². The predicted molar refractivity (Wildman–Crippen MR) is 109 cm³/mol. The van der Waals surface area contributed by atoms with E-state index in [1.54, 1.807) is 24.3 Å². The van der Waals surface area contributed by atoms with Gasteiger partial charge in [-0.2, -0.15) is 4.98 Å². The summed E-state index contributed by atoms with van der Waals surface area (Å²) in [5.74, 6) is -0.783. The van der Waals surface area contributed by atoms with Gasteiger partial charge in [0.25, 0.3) is 0 Å². The number of carbonyl (C=O) groups is 1.